The Morgan fingerprint density at radius 3 is 1.87 bits per heavy atom. The molecule has 0 aromatic carbocycles. The summed E-state index contributed by atoms with van der Waals surface area (Å²) in [6.07, 6.45) is -0.275. The molecule has 0 radical (unpaired) electrons. The van der Waals surface area contributed by atoms with Gasteiger partial charge in [0.2, 0.25) is 5.91 Å². The van der Waals surface area contributed by atoms with Crippen LogP contribution < -0.4 is 0 Å². The third-order valence-electron chi connectivity index (χ3n) is 7.86. The molecule has 0 aliphatic carbocycles. The highest BCUT2D eigenvalue weighted by molar-refractivity contribution is 6.80. The van der Waals surface area contributed by atoms with Gasteiger partial charge < -0.3 is 13.7 Å². The lowest BCUT2D eigenvalue weighted by Gasteiger charge is -2.61. The van der Waals surface area contributed by atoms with Crippen molar-refractivity contribution in [3.8, 4) is 0 Å². The molecule has 180 valence electrons. The van der Waals surface area contributed by atoms with Crippen LogP contribution in [0.4, 0.5) is 0 Å². The second-order valence-electron chi connectivity index (χ2n) is 12.2. The second-order valence-corrected chi connectivity index (χ2v) is 22.0. The molecule has 1 fully saturated rings. The Morgan fingerprint density at radius 1 is 1.00 bits per heavy atom. The summed E-state index contributed by atoms with van der Waals surface area (Å²) in [6.45, 7) is 26.7. The van der Waals surface area contributed by atoms with Gasteiger partial charge in [-0.05, 0) is 30.1 Å². The van der Waals surface area contributed by atoms with Crippen molar-refractivity contribution in [3.63, 3.8) is 0 Å². The standard InChI is InChI=1S/C23H45NO5Si2/c1-15(18(26)14-28-17(3)25)20-19(16(2)29-31(12,13)23(7,8)9)21(27)24(20)30(10,11)22(4,5)6/h15-16,19-20H,14H2,1-13H3/t15-,16?,19?,20?/m0/s1. The molecule has 1 aliphatic rings. The Morgan fingerprint density at radius 2 is 1.48 bits per heavy atom. The van der Waals surface area contributed by atoms with Crippen LogP contribution in [0.15, 0.2) is 0 Å². The van der Waals surface area contributed by atoms with Gasteiger partial charge in [-0.2, -0.15) is 0 Å². The number of carbonyl (C=O) groups is 3. The summed E-state index contributed by atoms with van der Waals surface area (Å²) in [7, 11) is -4.29. The van der Waals surface area contributed by atoms with E-state index < -0.39 is 28.4 Å². The van der Waals surface area contributed by atoms with Crippen molar-refractivity contribution in [2.24, 2.45) is 11.8 Å². The van der Waals surface area contributed by atoms with Crippen LogP contribution in [0.1, 0.15) is 62.3 Å². The average Bonchev–Trinajstić information content (AvgIpc) is 2.53. The molecule has 1 rings (SSSR count). The van der Waals surface area contributed by atoms with E-state index in [1.165, 1.54) is 6.92 Å². The molecule has 8 heteroatoms. The zero-order valence-corrected chi connectivity index (χ0v) is 24.0. The fraction of sp³-hybridized carbons (Fsp3) is 0.870. The molecule has 1 heterocycles. The number of rotatable bonds is 8. The fourth-order valence-corrected chi connectivity index (χ4v) is 7.75. The van der Waals surface area contributed by atoms with Gasteiger partial charge in [-0.15, -0.1) is 0 Å². The highest BCUT2D eigenvalue weighted by atomic mass is 28.4. The van der Waals surface area contributed by atoms with Crippen molar-refractivity contribution >= 4 is 34.2 Å². The van der Waals surface area contributed by atoms with Crippen LogP contribution in [-0.4, -0.2) is 57.5 Å². The highest BCUT2D eigenvalue weighted by Gasteiger charge is 2.61. The lowest BCUT2D eigenvalue weighted by molar-refractivity contribution is -0.161. The number of β-lactam (4-membered cyclic amide) rings is 1. The Bertz CT molecular complexity index is 706. The van der Waals surface area contributed by atoms with Crippen LogP contribution >= 0.6 is 0 Å². The molecule has 0 bridgehead atoms. The van der Waals surface area contributed by atoms with E-state index in [2.05, 4.69) is 67.7 Å². The van der Waals surface area contributed by atoms with Crippen molar-refractivity contribution in [2.45, 2.75) is 111 Å². The number of Topliss-reactive ketones (excluding diaryl/α,β-unsaturated/α-hetero) is 1. The van der Waals surface area contributed by atoms with Gasteiger partial charge in [0.25, 0.3) is 0 Å². The van der Waals surface area contributed by atoms with E-state index in [0.717, 1.165) is 0 Å². The molecular weight excluding hydrogens is 426 g/mol. The lowest BCUT2D eigenvalue weighted by Crippen LogP contribution is -2.77. The molecule has 0 saturated carbocycles. The zero-order chi connectivity index (χ0) is 24.7. The van der Waals surface area contributed by atoms with Crippen LogP contribution in [0, 0.1) is 11.8 Å². The van der Waals surface area contributed by atoms with Crippen LogP contribution in [0.3, 0.4) is 0 Å². The molecule has 0 aromatic heterocycles. The first-order valence-corrected chi connectivity index (χ1v) is 17.2. The number of nitrogens with zero attached hydrogens (tertiary/aromatic N) is 1. The maximum Gasteiger partial charge on any atom is 0.303 e. The predicted molar refractivity (Wildman–Crippen MR) is 130 cm³/mol. The van der Waals surface area contributed by atoms with Crippen molar-refractivity contribution < 1.29 is 23.5 Å². The normalized spacial score (nSPS) is 22.6. The molecule has 3 unspecified atom stereocenters. The smallest absolute Gasteiger partial charge is 0.303 e. The maximum absolute atomic E-state index is 13.5. The van der Waals surface area contributed by atoms with E-state index >= 15 is 0 Å². The van der Waals surface area contributed by atoms with Crippen LogP contribution in [0.5, 0.6) is 0 Å². The van der Waals surface area contributed by atoms with Gasteiger partial charge >= 0.3 is 5.97 Å². The van der Waals surface area contributed by atoms with E-state index in [0.29, 0.717) is 0 Å². The number of hydrogen-bond acceptors (Lipinski definition) is 5. The van der Waals surface area contributed by atoms with Gasteiger partial charge in [0.1, 0.15) is 6.61 Å². The zero-order valence-electron chi connectivity index (χ0n) is 22.0. The molecule has 6 nitrogen and oxygen atoms in total. The van der Waals surface area contributed by atoms with E-state index in [4.69, 9.17) is 9.16 Å². The summed E-state index contributed by atoms with van der Waals surface area (Å²) in [5, 5.41) is -0.0203. The van der Waals surface area contributed by atoms with Gasteiger partial charge in [0.15, 0.2) is 22.3 Å². The van der Waals surface area contributed by atoms with Gasteiger partial charge in [0.05, 0.1) is 12.0 Å². The number of ketones is 1. The number of amides is 1. The average molecular weight is 472 g/mol. The largest absolute Gasteiger partial charge is 0.458 e. The third kappa shape index (κ3) is 5.68. The first kappa shape index (κ1) is 28.0. The Hall–Kier alpha value is -0.996. The fourth-order valence-electron chi connectivity index (χ4n) is 3.76. The number of ether oxygens (including phenoxy) is 1. The number of esters is 1. The molecule has 0 N–H and O–H groups in total. The Labute approximate surface area is 191 Å². The number of hydrogen-bond donors (Lipinski definition) is 0. The van der Waals surface area contributed by atoms with E-state index in [1.807, 2.05) is 18.4 Å². The summed E-state index contributed by atoms with van der Waals surface area (Å²) in [4.78, 5) is 37.6. The van der Waals surface area contributed by atoms with Gasteiger partial charge in [-0.25, -0.2) is 0 Å². The van der Waals surface area contributed by atoms with Crippen LogP contribution in [-0.2, 0) is 23.5 Å². The summed E-state index contributed by atoms with van der Waals surface area (Å²) in [5.41, 5.74) is 0. The second kappa shape index (κ2) is 9.10. The highest BCUT2D eigenvalue weighted by Crippen LogP contribution is 2.49. The molecule has 1 amide bonds. The van der Waals surface area contributed by atoms with Crippen LogP contribution in [0.2, 0.25) is 36.3 Å². The molecule has 1 aliphatic heterocycles. The topological polar surface area (TPSA) is 72.9 Å². The minimum Gasteiger partial charge on any atom is -0.458 e. The van der Waals surface area contributed by atoms with Crippen molar-refractivity contribution in [3.05, 3.63) is 0 Å². The summed E-state index contributed by atoms with van der Waals surface area (Å²) >= 11 is 0. The molecule has 0 spiro atoms. The summed E-state index contributed by atoms with van der Waals surface area (Å²) in [5.74, 6) is -1.32. The van der Waals surface area contributed by atoms with Crippen molar-refractivity contribution in [1.82, 2.24) is 4.57 Å². The van der Waals surface area contributed by atoms with Gasteiger partial charge in [-0.1, -0.05) is 61.6 Å². The first-order chi connectivity index (χ1) is 13.7. The Balaban J connectivity index is 3.29. The quantitative estimate of drug-likeness (QED) is 0.283. The third-order valence-corrected chi connectivity index (χ3v) is 17.8. The molecule has 4 atom stereocenters. The maximum atomic E-state index is 13.5. The Kier molecular flexibility index (Phi) is 8.23. The lowest BCUT2D eigenvalue weighted by atomic mass is 9.77. The van der Waals surface area contributed by atoms with Crippen molar-refractivity contribution in [2.75, 3.05) is 6.61 Å². The predicted octanol–water partition coefficient (Wildman–Crippen LogP) is 5.00. The molecule has 31 heavy (non-hydrogen) atoms. The monoisotopic (exact) mass is 471 g/mol. The van der Waals surface area contributed by atoms with Gasteiger partial charge in [-0.3, -0.25) is 14.4 Å². The summed E-state index contributed by atoms with van der Waals surface area (Å²) < 4.78 is 13.6. The van der Waals surface area contributed by atoms with E-state index in [1.54, 1.807) is 0 Å². The van der Waals surface area contributed by atoms with E-state index in [9.17, 15) is 14.4 Å². The summed E-state index contributed by atoms with van der Waals surface area (Å²) in [6, 6.07) is -0.240. The molecular formula is C23H45NO5Si2. The van der Waals surface area contributed by atoms with Crippen molar-refractivity contribution in [1.29, 1.82) is 0 Å². The van der Waals surface area contributed by atoms with Gasteiger partial charge in [0, 0.05) is 18.9 Å². The molecule has 1 saturated heterocycles. The van der Waals surface area contributed by atoms with E-state index in [-0.39, 0.29) is 46.4 Å². The van der Waals surface area contributed by atoms with Crippen LogP contribution in [0.25, 0.3) is 0 Å². The minimum atomic E-state index is -2.20. The number of carbonyl (C=O) groups excluding carboxylic acids is 3. The minimum absolute atomic E-state index is 0.0272. The SMILES string of the molecule is CC(=O)OCC(=O)[C@H](C)C1C(C(C)O[Si](C)(C)C(C)(C)C)C(=O)N1[Si](C)(C)C(C)(C)C. The first-order valence-electron chi connectivity index (χ1n) is 11.3. The molecule has 0 aromatic rings.